The minimum atomic E-state index is -1.06. The Balaban J connectivity index is 0. The van der Waals surface area contributed by atoms with Crippen LogP contribution in [0.1, 0.15) is 106 Å². The van der Waals surface area contributed by atoms with Crippen molar-refractivity contribution in [3.05, 3.63) is 60.8 Å². The minimum absolute atomic E-state index is 0.130. The summed E-state index contributed by atoms with van der Waals surface area (Å²) in [5.74, 6) is -0.777. The lowest BCUT2D eigenvalue weighted by molar-refractivity contribution is -0.142. The predicted octanol–water partition coefficient (Wildman–Crippen LogP) is 6.91. The van der Waals surface area contributed by atoms with E-state index in [4.69, 9.17) is 11.1 Å². The molecule has 0 heterocycles. The lowest BCUT2D eigenvalue weighted by Gasteiger charge is -2.23. The van der Waals surface area contributed by atoms with E-state index in [1.165, 1.54) is 0 Å². The van der Waals surface area contributed by atoms with Gasteiger partial charge in [-0.3, -0.25) is 15.0 Å². The summed E-state index contributed by atoms with van der Waals surface area (Å²) in [4.78, 5) is 41.9. The van der Waals surface area contributed by atoms with E-state index < -0.39 is 24.0 Å². The van der Waals surface area contributed by atoms with Crippen molar-refractivity contribution < 1.29 is 19.5 Å². The predicted molar refractivity (Wildman–Crippen MR) is 197 cm³/mol. The molecule has 0 saturated carbocycles. The van der Waals surface area contributed by atoms with Crippen molar-refractivity contribution in [3.63, 3.8) is 0 Å². The highest BCUT2D eigenvalue weighted by atomic mass is 16.4. The third-order valence-electron chi connectivity index (χ3n) is 6.32. The number of nitrogens with one attached hydrogen (secondary N) is 3. The maximum absolute atomic E-state index is 12.7. The van der Waals surface area contributed by atoms with Crippen LogP contribution < -0.4 is 16.4 Å². The highest BCUT2D eigenvalue weighted by Crippen LogP contribution is 2.10. The van der Waals surface area contributed by atoms with E-state index in [-0.39, 0.29) is 23.7 Å². The summed E-state index contributed by atoms with van der Waals surface area (Å²) in [6.45, 7) is 11.5. The maximum Gasteiger partial charge on any atom is 0.326 e. The van der Waals surface area contributed by atoms with Crippen LogP contribution in [0, 0.1) is 17.2 Å². The molecule has 0 aromatic heterocycles. The number of nitrogens with two attached hydrogens (primary N) is 1. The van der Waals surface area contributed by atoms with Crippen molar-refractivity contribution in [2.75, 3.05) is 14.1 Å². The molecule has 6 N–H and O–H groups in total. The fourth-order valence-electron chi connectivity index (χ4n) is 3.95. The van der Waals surface area contributed by atoms with Gasteiger partial charge in [0.25, 0.3) is 0 Å². The number of rotatable bonds is 21. The molecule has 0 aliphatic rings. The molecule has 0 spiro atoms. The molecular formula is C37H64N6O4. The zero-order valence-corrected chi connectivity index (χ0v) is 30.3. The van der Waals surface area contributed by atoms with E-state index >= 15 is 0 Å². The van der Waals surface area contributed by atoms with Gasteiger partial charge in [-0.05, 0) is 76.5 Å². The van der Waals surface area contributed by atoms with Crippen molar-refractivity contribution >= 4 is 29.6 Å². The molecule has 0 radical (unpaired) electrons. The molecule has 0 aliphatic heterocycles. The Kier molecular flexibility index (Phi) is 28.3. The molecule has 266 valence electrons. The van der Waals surface area contributed by atoms with Gasteiger partial charge in [-0.15, -0.1) is 0 Å². The molecule has 0 aliphatic carbocycles. The third-order valence-corrected chi connectivity index (χ3v) is 6.32. The van der Waals surface area contributed by atoms with Gasteiger partial charge in [0.15, 0.2) is 0 Å². The van der Waals surface area contributed by atoms with Crippen LogP contribution in [0.3, 0.4) is 0 Å². The van der Waals surface area contributed by atoms with Crippen LogP contribution in [0.5, 0.6) is 0 Å². The highest BCUT2D eigenvalue weighted by Gasteiger charge is 2.27. The third kappa shape index (κ3) is 30.5. The normalized spacial score (nSPS) is 13.5. The fourth-order valence-corrected chi connectivity index (χ4v) is 3.95. The van der Waals surface area contributed by atoms with E-state index in [9.17, 15) is 19.5 Å². The molecule has 10 heteroatoms. The largest absolute Gasteiger partial charge is 0.480 e. The summed E-state index contributed by atoms with van der Waals surface area (Å²) in [7, 11) is 3.49. The average Bonchev–Trinajstić information content (AvgIpc) is 2.97. The summed E-state index contributed by atoms with van der Waals surface area (Å²) in [5.41, 5.74) is 5.21. The molecular weight excluding hydrogens is 592 g/mol. The second-order valence-electron chi connectivity index (χ2n) is 12.4. The summed E-state index contributed by atoms with van der Waals surface area (Å²) in [5, 5.41) is 22.0. The van der Waals surface area contributed by atoms with Gasteiger partial charge < -0.3 is 26.4 Å². The second-order valence-corrected chi connectivity index (χ2v) is 12.4. The van der Waals surface area contributed by atoms with Gasteiger partial charge in [0.2, 0.25) is 17.8 Å². The first-order valence-corrected chi connectivity index (χ1v) is 16.8. The summed E-state index contributed by atoms with van der Waals surface area (Å²) < 4.78 is 0. The van der Waals surface area contributed by atoms with Crippen molar-refractivity contribution in [3.8, 4) is 0 Å². The first kappa shape index (κ1) is 45.2. The van der Waals surface area contributed by atoms with Gasteiger partial charge in [0, 0.05) is 20.5 Å². The molecule has 2 amide bonds. The van der Waals surface area contributed by atoms with E-state index in [0.29, 0.717) is 31.5 Å². The Hall–Kier alpha value is -3.95. The number of allylic oxidation sites excluding steroid dienone is 10. The van der Waals surface area contributed by atoms with E-state index in [1.54, 1.807) is 25.9 Å². The number of amides is 2. The summed E-state index contributed by atoms with van der Waals surface area (Å²) in [6, 6.07) is -1.69. The van der Waals surface area contributed by atoms with Gasteiger partial charge in [-0.2, -0.15) is 0 Å². The molecule has 10 nitrogen and oxygen atoms in total. The van der Waals surface area contributed by atoms with Crippen molar-refractivity contribution in [2.24, 2.45) is 22.6 Å². The lowest BCUT2D eigenvalue weighted by atomic mass is 10.0. The Labute approximate surface area is 284 Å². The lowest BCUT2D eigenvalue weighted by Crippen LogP contribution is -2.52. The first-order chi connectivity index (χ1) is 22.2. The van der Waals surface area contributed by atoms with Gasteiger partial charge in [0.05, 0.1) is 5.84 Å². The number of carbonyl (C=O) groups excluding carboxylic acids is 2. The fraction of sp³-hybridized carbons (Fsp3) is 0.595. The number of carboxylic acids is 1. The zero-order chi connectivity index (χ0) is 36.0. The topological polar surface area (TPSA) is 161 Å². The number of nitrogens with zero attached hydrogens (tertiary/aromatic N) is 2. The molecule has 0 aromatic carbocycles. The number of hydrogen-bond acceptors (Lipinski definition) is 4. The number of amidine groups is 1. The van der Waals surface area contributed by atoms with E-state index in [0.717, 1.165) is 38.5 Å². The number of unbranched alkanes of at least 4 members (excludes halogenated alkanes) is 1. The second kappa shape index (κ2) is 29.5. The highest BCUT2D eigenvalue weighted by molar-refractivity contribution is 5.92. The molecule has 0 aromatic rings. The number of aliphatic imine (C=N–C) groups is 1. The summed E-state index contributed by atoms with van der Waals surface area (Å²) in [6.07, 6.45) is 29.0. The monoisotopic (exact) mass is 656 g/mol. The number of aliphatic carboxylic acids is 1. The van der Waals surface area contributed by atoms with Crippen molar-refractivity contribution in [1.82, 2.24) is 15.5 Å². The number of hydrogen-bond donors (Lipinski definition) is 5. The van der Waals surface area contributed by atoms with Gasteiger partial charge in [-0.1, -0.05) is 95.4 Å². The van der Waals surface area contributed by atoms with E-state index in [1.807, 2.05) is 27.7 Å². The van der Waals surface area contributed by atoms with Crippen LogP contribution in [0.4, 0.5) is 0 Å². The molecule has 0 bridgehead atoms. The molecule has 47 heavy (non-hydrogen) atoms. The molecule has 2 atom stereocenters. The van der Waals surface area contributed by atoms with Crippen LogP contribution in [0.15, 0.2) is 65.8 Å². The zero-order valence-electron chi connectivity index (χ0n) is 30.3. The molecule has 0 rings (SSSR count). The average molecular weight is 657 g/mol. The standard InChI is InChI=1S/C32H52N2O4.C5H12N4/c1-6-7-8-9-10-11-12-13-14-15-16-17-18-19-20-21-22-23-30(35)33-28(24-26(2)3)31(36)34-29(32(37)38)25-27(4)5;1-4(6)8-5(7)9(2)3/h7-8,10-11,13-14,16-17,19-20,26-29H,6,9,12,15,18,21-25H2,1-5H3,(H,33,35)(H,34,36)(H,37,38);1-3H3,(H3,6,7,8)/b8-7-,11-10-,14-13-,17-16-,20-19-;/t28-,29-;/m0./s1. The number of carbonyl (C=O) groups is 3. The Morgan fingerprint density at radius 3 is 1.62 bits per heavy atom. The number of guanidine groups is 1. The molecule has 0 unspecified atom stereocenters. The molecule has 0 saturated heterocycles. The Bertz CT molecular complexity index is 1070. The smallest absolute Gasteiger partial charge is 0.326 e. The van der Waals surface area contributed by atoms with Gasteiger partial charge in [0.1, 0.15) is 12.1 Å². The summed E-state index contributed by atoms with van der Waals surface area (Å²) >= 11 is 0. The van der Waals surface area contributed by atoms with Crippen molar-refractivity contribution in [1.29, 1.82) is 5.41 Å². The van der Waals surface area contributed by atoms with Crippen LogP contribution in [-0.4, -0.2) is 65.8 Å². The van der Waals surface area contributed by atoms with Crippen molar-refractivity contribution in [2.45, 2.75) is 118 Å². The van der Waals surface area contributed by atoms with Crippen LogP contribution in [0.2, 0.25) is 0 Å². The quantitative estimate of drug-likeness (QED) is 0.0390. The van der Waals surface area contributed by atoms with Gasteiger partial charge >= 0.3 is 5.97 Å². The SMILES string of the molecule is CC(N)=NC(=N)N(C)C.CC/C=C\C/C=C\C/C=C\C/C=C\C/C=C\CCCC(=O)N[C@@H](CC(C)C)C(=O)N[C@@H](CC(C)C)C(=O)O. The van der Waals surface area contributed by atoms with E-state index in [2.05, 4.69) is 83.3 Å². The first-order valence-electron chi connectivity index (χ1n) is 16.8. The van der Waals surface area contributed by atoms with Crippen LogP contribution in [-0.2, 0) is 14.4 Å². The number of carboxylic acid groups (broad SMARTS) is 1. The Morgan fingerprint density at radius 2 is 1.23 bits per heavy atom. The Morgan fingerprint density at radius 1 is 0.787 bits per heavy atom. The maximum atomic E-state index is 12.7. The molecule has 0 fully saturated rings. The van der Waals surface area contributed by atoms with Crippen LogP contribution in [0.25, 0.3) is 0 Å². The minimum Gasteiger partial charge on any atom is -0.480 e. The van der Waals surface area contributed by atoms with Gasteiger partial charge in [-0.25, -0.2) is 9.79 Å². The van der Waals surface area contributed by atoms with Crippen LogP contribution >= 0.6 is 0 Å².